The van der Waals surface area contributed by atoms with Crippen LogP contribution in [0.3, 0.4) is 0 Å². The van der Waals surface area contributed by atoms with Gasteiger partial charge in [0.05, 0.1) is 19.8 Å². The predicted octanol–water partition coefficient (Wildman–Crippen LogP) is 5.59. The Morgan fingerprint density at radius 3 is 2.16 bits per heavy atom. The van der Waals surface area contributed by atoms with Gasteiger partial charge in [0, 0.05) is 34.9 Å². The Morgan fingerprint density at radius 1 is 0.774 bits per heavy atom. The van der Waals surface area contributed by atoms with E-state index in [4.69, 9.17) is 14.2 Å². The number of rotatable bonds is 13. The Balaban J connectivity index is 1.91. The van der Waals surface area contributed by atoms with E-state index in [1.165, 1.54) is 0 Å². The van der Waals surface area contributed by atoms with E-state index in [9.17, 15) is 4.79 Å². The lowest BCUT2D eigenvalue weighted by Gasteiger charge is -2.18. The van der Waals surface area contributed by atoms with E-state index < -0.39 is 0 Å². The minimum Gasteiger partial charge on any atom is -0.493 e. The number of benzene rings is 2. The summed E-state index contributed by atoms with van der Waals surface area (Å²) in [5.74, 6) is 2.11. The number of fused-ring (bicyclic) bond motifs is 3. The van der Waals surface area contributed by atoms with Gasteiger partial charge in [-0.1, -0.05) is 39.8 Å². The van der Waals surface area contributed by atoms with Gasteiger partial charge in [0.25, 0.3) is 0 Å². The average Bonchev–Trinajstić information content (AvgIpc) is 3.09. The van der Waals surface area contributed by atoms with Crippen LogP contribution in [0.5, 0.6) is 17.2 Å². The summed E-state index contributed by atoms with van der Waals surface area (Å²) in [7, 11) is 0. The summed E-state index contributed by atoms with van der Waals surface area (Å²) in [5.41, 5.74) is 2.98. The molecular weight excluding hydrogens is 390 g/mol. The third-order valence-corrected chi connectivity index (χ3v) is 5.55. The Bertz CT molecular complexity index is 889. The van der Waals surface area contributed by atoms with Gasteiger partial charge in [-0.05, 0) is 44.5 Å². The summed E-state index contributed by atoms with van der Waals surface area (Å²) in [6.45, 7) is 13.4. The predicted molar refractivity (Wildman–Crippen MR) is 125 cm³/mol. The fourth-order valence-electron chi connectivity index (χ4n) is 3.91. The molecule has 0 aromatic heterocycles. The molecule has 0 spiro atoms. The molecule has 1 aliphatic rings. The standard InChI is InChI=1S/C26H35NO4/c1-5-14-29-19-17-21-25(23(18-19)30-15-6-2)24-20(26(21)28)11-9-12-22(24)31-16-10-13-27(7-3)8-4/h9,11-12,17-18H,5-8,10,13-16H2,1-4H3. The van der Waals surface area contributed by atoms with E-state index in [0.717, 1.165) is 55.8 Å². The first-order chi connectivity index (χ1) is 15.1. The van der Waals surface area contributed by atoms with Crippen LogP contribution in [-0.4, -0.2) is 50.1 Å². The van der Waals surface area contributed by atoms with E-state index in [2.05, 4.69) is 32.6 Å². The van der Waals surface area contributed by atoms with Crippen molar-refractivity contribution in [3.63, 3.8) is 0 Å². The molecule has 5 heteroatoms. The Kier molecular flexibility index (Phi) is 8.35. The maximum absolute atomic E-state index is 13.2. The van der Waals surface area contributed by atoms with Crippen LogP contribution in [0.1, 0.15) is 62.9 Å². The summed E-state index contributed by atoms with van der Waals surface area (Å²) >= 11 is 0. The molecule has 1 aliphatic carbocycles. The zero-order chi connectivity index (χ0) is 22.2. The van der Waals surface area contributed by atoms with Gasteiger partial charge >= 0.3 is 0 Å². The first-order valence-corrected chi connectivity index (χ1v) is 11.6. The fourth-order valence-corrected chi connectivity index (χ4v) is 3.91. The number of nitrogens with zero attached hydrogens (tertiary/aromatic N) is 1. The van der Waals surface area contributed by atoms with Crippen LogP contribution >= 0.6 is 0 Å². The number of hydrogen-bond acceptors (Lipinski definition) is 5. The number of ketones is 1. The number of hydrogen-bond donors (Lipinski definition) is 0. The lowest BCUT2D eigenvalue weighted by atomic mass is 10.0. The lowest BCUT2D eigenvalue weighted by molar-refractivity contribution is 0.104. The summed E-state index contributed by atoms with van der Waals surface area (Å²) in [5, 5.41) is 0. The smallest absolute Gasteiger partial charge is 0.194 e. The SMILES string of the molecule is CCCOc1cc(OCCC)c2c(c1)C(=O)c1cccc(OCCCN(CC)CC)c1-2. The third kappa shape index (κ3) is 5.21. The Labute approximate surface area is 186 Å². The molecule has 0 saturated carbocycles. The molecular formula is C26H35NO4. The van der Waals surface area contributed by atoms with Crippen molar-refractivity contribution < 1.29 is 19.0 Å². The average molecular weight is 426 g/mol. The topological polar surface area (TPSA) is 48.0 Å². The highest BCUT2D eigenvalue weighted by Gasteiger charge is 2.33. The van der Waals surface area contributed by atoms with Crippen LogP contribution in [0.2, 0.25) is 0 Å². The highest BCUT2D eigenvalue weighted by atomic mass is 16.5. The summed E-state index contributed by atoms with van der Waals surface area (Å²) in [6.07, 6.45) is 2.73. The first-order valence-electron chi connectivity index (χ1n) is 11.6. The molecule has 0 atom stereocenters. The lowest BCUT2D eigenvalue weighted by Crippen LogP contribution is -2.25. The molecule has 2 aromatic carbocycles. The summed E-state index contributed by atoms with van der Waals surface area (Å²) in [4.78, 5) is 15.6. The molecule has 0 aliphatic heterocycles. The molecule has 0 saturated heterocycles. The second-order valence-corrected chi connectivity index (χ2v) is 7.78. The van der Waals surface area contributed by atoms with Crippen molar-refractivity contribution in [3.05, 3.63) is 41.5 Å². The van der Waals surface area contributed by atoms with Gasteiger partial charge < -0.3 is 19.1 Å². The molecule has 0 N–H and O–H groups in total. The van der Waals surface area contributed by atoms with Crippen molar-refractivity contribution in [2.45, 2.75) is 47.0 Å². The molecule has 0 fully saturated rings. The third-order valence-electron chi connectivity index (χ3n) is 5.55. The molecule has 168 valence electrons. The molecule has 0 heterocycles. The molecule has 0 radical (unpaired) electrons. The molecule has 2 aromatic rings. The van der Waals surface area contributed by atoms with Crippen molar-refractivity contribution >= 4 is 5.78 Å². The highest BCUT2D eigenvalue weighted by molar-refractivity contribution is 6.23. The van der Waals surface area contributed by atoms with Gasteiger partial charge in [-0.25, -0.2) is 0 Å². The highest BCUT2D eigenvalue weighted by Crippen LogP contribution is 2.49. The number of carbonyl (C=O) groups excluding carboxylic acids is 1. The maximum atomic E-state index is 13.2. The van der Waals surface area contributed by atoms with E-state index in [0.29, 0.717) is 42.4 Å². The van der Waals surface area contributed by atoms with Gasteiger partial charge in [-0.2, -0.15) is 0 Å². The summed E-state index contributed by atoms with van der Waals surface area (Å²) in [6, 6.07) is 9.46. The second-order valence-electron chi connectivity index (χ2n) is 7.78. The van der Waals surface area contributed by atoms with E-state index in [1.807, 2.05) is 30.3 Å². The van der Waals surface area contributed by atoms with Gasteiger partial charge in [-0.3, -0.25) is 4.79 Å². The Hall–Kier alpha value is -2.53. The molecule has 5 nitrogen and oxygen atoms in total. The molecule has 31 heavy (non-hydrogen) atoms. The van der Waals surface area contributed by atoms with Crippen molar-refractivity contribution in [2.24, 2.45) is 0 Å². The van der Waals surface area contributed by atoms with Crippen LogP contribution in [0, 0.1) is 0 Å². The van der Waals surface area contributed by atoms with E-state index in [1.54, 1.807) is 0 Å². The number of ether oxygens (including phenoxy) is 3. The fraction of sp³-hybridized carbons (Fsp3) is 0.500. The van der Waals surface area contributed by atoms with E-state index >= 15 is 0 Å². The van der Waals surface area contributed by atoms with Crippen LogP contribution < -0.4 is 14.2 Å². The molecule has 0 bridgehead atoms. The normalized spacial score (nSPS) is 12.1. The minimum atomic E-state index is 0.00175. The van der Waals surface area contributed by atoms with E-state index in [-0.39, 0.29) is 5.78 Å². The summed E-state index contributed by atoms with van der Waals surface area (Å²) < 4.78 is 18.1. The van der Waals surface area contributed by atoms with Gasteiger partial charge in [0.15, 0.2) is 5.78 Å². The second kappa shape index (κ2) is 11.2. The zero-order valence-corrected chi connectivity index (χ0v) is 19.3. The van der Waals surface area contributed by atoms with Gasteiger partial charge in [0.2, 0.25) is 0 Å². The molecule has 0 unspecified atom stereocenters. The first kappa shape index (κ1) is 23.1. The van der Waals surface area contributed by atoms with Crippen molar-refractivity contribution in [1.29, 1.82) is 0 Å². The van der Waals surface area contributed by atoms with Crippen LogP contribution in [0.4, 0.5) is 0 Å². The Morgan fingerprint density at radius 2 is 1.45 bits per heavy atom. The monoisotopic (exact) mass is 425 g/mol. The van der Waals surface area contributed by atoms with Crippen molar-refractivity contribution in [3.8, 4) is 28.4 Å². The largest absolute Gasteiger partial charge is 0.493 e. The molecule has 3 rings (SSSR count). The van der Waals surface area contributed by atoms with Crippen molar-refractivity contribution in [2.75, 3.05) is 39.5 Å². The minimum absolute atomic E-state index is 0.00175. The van der Waals surface area contributed by atoms with Crippen molar-refractivity contribution in [1.82, 2.24) is 4.90 Å². The quantitative estimate of drug-likeness (QED) is 0.334. The zero-order valence-electron chi connectivity index (χ0n) is 19.3. The molecule has 0 amide bonds. The number of carbonyl (C=O) groups is 1. The maximum Gasteiger partial charge on any atom is 0.194 e. The van der Waals surface area contributed by atoms with Crippen LogP contribution in [-0.2, 0) is 0 Å². The van der Waals surface area contributed by atoms with Gasteiger partial charge in [0.1, 0.15) is 17.2 Å². The van der Waals surface area contributed by atoms with Gasteiger partial charge in [-0.15, -0.1) is 0 Å². The van der Waals surface area contributed by atoms with Crippen LogP contribution in [0.25, 0.3) is 11.1 Å². The van der Waals surface area contributed by atoms with Crippen LogP contribution in [0.15, 0.2) is 30.3 Å².